The highest BCUT2D eigenvalue weighted by Gasteiger charge is 2.21. The zero-order chi connectivity index (χ0) is 10.5. The number of hydrogen-bond acceptors (Lipinski definition) is 2. The van der Waals surface area contributed by atoms with Gasteiger partial charge in [-0.2, -0.15) is 0 Å². The summed E-state index contributed by atoms with van der Waals surface area (Å²) in [5.74, 6) is 1.04. The van der Waals surface area contributed by atoms with E-state index < -0.39 is 0 Å². The van der Waals surface area contributed by atoms with E-state index >= 15 is 0 Å². The van der Waals surface area contributed by atoms with Gasteiger partial charge in [-0.05, 0) is 38.1 Å². The van der Waals surface area contributed by atoms with Gasteiger partial charge in [0, 0.05) is 12.6 Å². The van der Waals surface area contributed by atoms with E-state index in [2.05, 4.69) is 12.2 Å². The zero-order valence-electron chi connectivity index (χ0n) is 10.0. The SMILES string of the molecule is CCC1CC(NCCC2CCC2)CCO1. The van der Waals surface area contributed by atoms with Crippen LogP contribution in [0.3, 0.4) is 0 Å². The van der Waals surface area contributed by atoms with Crippen molar-refractivity contribution in [3.8, 4) is 0 Å². The van der Waals surface area contributed by atoms with Crippen molar-refractivity contribution in [1.82, 2.24) is 5.32 Å². The highest BCUT2D eigenvalue weighted by molar-refractivity contribution is 4.77. The van der Waals surface area contributed by atoms with Gasteiger partial charge in [0.1, 0.15) is 0 Å². The molecule has 0 aromatic rings. The highest BCUT2D eigenvalue weighted by Crippen LogP contribution is 2.28. The molecule has 2 atom stereocenters. The fraction of sp³-hybridized carbons (Fsp3) is 1.00. The maximum absolute atomic E-state index is 5.68. The Morgan fingerprint density at radius 1 is 1.27 bits per heavy atom. The summed E-state index contributed by atoms with van der Waals surface area (Å²) in [6.07, 6.45) is 9.94. The summed E-state index contributed by atoms with van der Waals surface area (Å²) >= 11 is 0. The monoisotopic (exact) mass is 211 g/mol. The van der Waals surface area contributed by atoms with Gasteiger partial charge in [-0.25, -0.2) is 0 Å². The standard InChI is InChI=1S/C13H25NO/c1-2-13-10-12(7-9-15-13)14-8-6-11-4-3-5-11/h11-14H,2-10H2,1H3. The molecule has 88 valence electrons. The van der Waals surface area contributed by atoms with E-state index in [9.17, 15) is 0 Å². The van der Waals surface area contributed by atoms with Gasteiger partial charge in [0.2, 0.25) is 0 Å². The lowest BCUT2D eigenvalue weighted by molar-refractivity contribution is -0.000286. The summed E-state index contributed by atoms with van der Waals surface area (Å²) in [5.41, 5.74) is 0. The van der Waals surface area contributed by atoms with Crippen LogP contribution in [0.5, 0.6) is 0 Å². The third-order valence-corrected chi connectivity index (χ3v) is 4.03. The number of ether oxygens (including phenoxy) is 1. The minimum Gasteiger partial charge on any atom is -0.378 e. The van der Waals surface area contributed by atoms with Crippen molar-refractivity contribution in [3.63, 3.8) is 0 Å². The lowest BCUT2D eigenvalue weighted by atomic mass is 9.83. The van der Waals surface area contributed by atoms with Gasteiger partial charge in [0.25, 0.3) is 0 Å². The quantitative estimate of drug-likeness (QED) is 0.755. The molecule has 0 radical (unpaired) electrons. The second-order valence-corrected chi connectivity index (χ2v) is 5.16. The largest absolute Gasteiger partial charge is 0.378 e. The Labute approximate surface area is 93.8 Å². The molecule has 0 aromatic heterocycles. The topological polar surface area (TPSA) is 21.3 Å². The third kappa shape index (κ3) is 3.46. The summed E-state index contributed by atoms with van der Waals surface area (Å²) in [5, 5.41) is 3.70. The maximum atomic E-state index is 5.68. The molecule has 2 fully saturated rings. The van der Waals surface area contributed by atoms with Crippen LogP contribution in [0.1, 0.15) is 51.9 Å². The molecule has 0 amide bonds. The van der Waals surface area contributed by atoms with E-state index in [1.165, 1.54) is 51.5 Å². The Balaban J connectivity index is 1.56. The molecule has 1 aliphatic heterocycles. The van der Waals surface area contributed by atoms with Gasteiger partial charge in [0.05, 0.1) is 6.10 Å². The fourth-order valence-corrected chi connectivity index (χ4v) is 2.62. The van der Waals surface area contributed by atoms with E-state index in [0.29, 0.717) is 6.10 Å². The lowest BCUT2D eigenvalue weighted by Crippen LogP contribution is -2.39. The van der Waals surface area contributed by atoms with Crippen molar-refractivity contribution in [3.05, 3.63) is 0 Å². The molecule has 2 rings (SSSR count). The zero-order valence-corrected chi connectivity index (χ0v) is 10.0. The van der Waals surface area contributed by atoms with Crippen molar-refractivity contribution in [1.29, 1.82) is 0 Å². The molecule has 1 saturated carbocycles. The Kier molecular flexibility index (Phi) is 4.45. The lowest BCUT2D eigenvalue weighted by Gasteiger charge is -2.31. The molecule has 1 heterocycles. The van der Waals surface area contributed by atoms with Gasteiger partial charge < -0.3 is 10.1 Å². The molecule has 0 bridgehead atoms. The average Bonchev–Trinajstić information content (AvgIpc) is 2.22. The molecule has 2 heteroatoms. The van der Waals surface area contributed by atoms with E-state index in [4.69, 9.17) is 4.74 Å². The van der Waals surface area contributed by atoms with Crippen LogP contribution < -0.4 is 5.32 Å². The Morgan fingerprint density at radius 3 is 2.80 bits per heavy atom. The van der Waals surface area contributed by atoms with Gasteiger partial charge in [-0.3, -0.25) is 0 Å². The van der Waals surface area contributed by atoms with Gasteiger partial charge >= 0.3 is 0 Å². The number of rotatable bonds is 5. The van der Waals surface area contributed by atoms with Crippen molar-refractivity contribution in [2.24, 2.45) is 5.92 Å². The molecule has 2 unspecified atom stereocenters. The maximum Gasteiger partial charge on any atom is 0.0587 e. The van der Waals surface area contributed by atoms with E-state index in [-0.39, 0.29) is 0 Å². The van der Waals surface area contributed by atoms with Gasteiger partial charge in [0.15, 0.2) is 0 Å². The number of nitrogens with one attached hydrogen (secondary N) is 1. The fourth-order valence-electron chi connectivity index (χ4n) is 2.62. The first-order valence-electron chi connectivity index (χ1n) is 6.73. The summed E-state index contributed by atoms with van der Waals surface area (Å²) in [7, 11) is 0. The van der Waals surface area contributed by atoms with Gasteiger partial charge in [-0.1, -0.05) is 26.2 Å². The molecular formula is C13H25NO. The second kappa shape index (κ2) is 5.86. The predicted molar refractivity (Wildman–Crippen MR) is 63.0 cm³/mol. The van der Waals surface area contributed by atoms with Crippen molar-refractivity contribution < 1.29 is 4.74 Å². The van der Waals surface area contributed by atoms with Gasteiger partial charge in [-0.15, -0.1) is 0 Å². The summed E-state index contributed by atoms with van der Waals surface area (Å²) < 4.78 is 5.68. The predicted octanol–water partition coefficient (Wildman–Crippen LogP) is 2.72. The molecule has 1 aliphatic carbocycles. The molecule has 2 nitrogen and oxygen atoms in total. The van der Waals surface area contributed by atoms with Crippen LogP contribution in [-0.2, 0) is 4.74 Å². The first-order chi connectivity index (χ1) is 7.38. The average molecular weight is 211 g/mol. The van der Waals surface area contributed by atoms with Crippen molar-refractivity contribution in [2.45, 2.75) is 64.0 Å². The highest BCUT2D eigenvalue weighted by atomic mass is 16.5. The molecule has 0 spiro atoms. The van der Waals surface area contributed by atoms with Crippen LogP contribution >= 0.6 is 0 Å². The van der Waals surface area contributed by atoms with E-state index in [1.54, 1.807) is 0 Å². The van der Waals surface area contributed by atoms with Crippen LogP contribution in [-0.4, -0.2) is 25.3 Å². The van der Waals surface area contributed by atoms with Crippen LogP contribution in [0.25, 0.3) is 0 Å². The van der Waals surface area contributed by atoms with Crippen LogP contribution in [0.15, 0.2) is 0 Å². The molecular weight excluding hydrogens is 186 g/mol. The Morgan fingerprint density at radius 2 is 2.13 bits per heavy atom. The van der Waals surface area contributed by atoms with Crippen LogP contribution in [0.2, 0.25) is 0 Å². The number of hydrogen-bond donors (Lipinski definition) is 1. The van der Waals surface area contributed by atoms with Crippen LogP contribution in [0, 0.1) is 5.92 Å². The molecule has 15 heavy (non-hydrogen) atoms. The molecule has 2 aliphatic rings. The molecule has 0 aromatic carbocycles. The van der Waals surface area contributed by atoms with Crippen molar-refractivity contribution >= 4 is 0 Å². The molecule has 1 saturated heterocycles. The summed E-state index contributed by atoms with van der Waals surface area (Å²) in [6.45, 7) is 4.41. The first-order valence-corrected chi connectivity index (χ1v) is 6.73. The van der Waals surface area contributed by atoms with Crippen molar-refractivity contribution in [2.75, 3.05) is 13.2 Å². The minimum atomic E-state index is 0.514. The Hall–Kier alpha value is -0.0800. The van der Waals surface area contributed by atoms with E-state index in [1.807, 2.05) is 0 Å². The van der Waals surface area contributed by atoms with Crippen LogP contribution in [0.4, 0.5) is 0 Å². The normalized spacial score (nSPS) is 32.6. The Bertz CT molecular complexity index is 179. The third-order valence-electron chi connectivity index (χ3n) is 4.03. The molecule has 1 N–H and O–H groups in total. The smallest absolute Gasteiger partial charge is 0.0587 e. The second-order valence-electron chi connectivity index (χ2n) is 5.16. The first kappa shape index (κ1) is 11.4. The summed E-state index contributed by atoms with van der Waals surface area (Å²) in [4.78, 5) is 0. The van der Waals surface area contributed by atoms with E-state index in [0.717, 1.165) is 18.6 Å². The summed E-state index contributed by atoms with van der Waals surface area (Å²) in [6, 6.07) is 0.726. The minimum absolute atomic E-state index is 0.514.